The normalized spacial score (nSPS) is 10.8. The number of aliphatic imine (C=N–C) groups is 1. The van der Waals surface area contributed by atoms with Crippen LogP contribution >= 0.6 is 24.0 Å². The minimum Gasteiger partial charge on any atom is -0.370 e. The van der Waals surface area contributed by atoms with Crippen molar-refractivity contribution in [3.63, 3.8) is 0 Å². The third kappa shape index (κ3) is 11.3. The fourth-order valence-corrected chi connectivity index (χ4v) is 2.30. The van der Waals surface area contributed by atoms with Crippen molar-refractivity contribution in [2.24, 2.45) is 10.7 Å². The van der Waals surface area contributed by atoms with E-state index in [2.05, 4.69) is 22.5 Å². The minimum atomic E-state index is -0.0780. The van der Waals surface area contributed by atoms with Crippen molar-refractivity contribution in [1.29, 1.82) is 0 Å². The molecule has 5 nitrogen and oxygen atoms in total. The third-order valence-electron chi connectivity index (χ3n) is 3.52. The molecule has 24 heavy (non-hydrogen) atoms. The van der Waals surface area contributed by atoms with E-state index in [1.807, 2.05) is 24.3 Å². The Kier molecular flexibility index (Phi) is 13.3. The van der Waals surface area contributed by atoms with Crippen molar-refractivity contribution in [3.05, 3.63) is 29.8 Å². The molecule has 1 rings (SSSR count). The van der Waals surface area contributed by atoms with Gasteiger partial charge in [0.2, 0.25) is 5.91 Å². The predicted octanol–water partition coefficient (Wildman–Crippen LogP) is 4.03. The van der Waals surface area contributed by atoms with Gasteiger partial charge in [0.25, 0.3) is 0 Å². The molecule has 0 aliphatic heterocycles. The van der Waals surface area contributed by atoms with Gasteiger partial charge in [-0.25, -0.2) is 4.99 Å². The van der Waals surface area contributed by atoms with Crippen LogP contribution in [0.25, 0.3) is 0 Å². The van der Waals surface area contributed by atoms with Crippen molar-refractivity contribution >= 4 is 41.5 Å². The first-order chi connectivity index (χ1) is 11.1. The highest BCUT2D eigenvalue weighted by molar-refractivity contribution is 14.0. The second kappa shape index (κ2) is 14.1. The van der Waals surface area contributed by atoms with Gasteiger partial charge in [0.1, 0.15) is 0 Å². The van der Waals surface area contributed by atoms with E-state index in [0.29, 0.717) is 12.5 Å². The number of nitrogens with zero attached hydrogens (tertiary/aromatic N) is 1. The monoisotopic (exact) mass is 446 g/mol. The standard InChI is InChI=1S/C18H30N4O.HI/c1-3-4-5-6-7-8-12-20-18(19)21-14-16-10-9-11-17(13-16)22-15(2)23;/h9-11,13H,3-8,12,14H2,1-2H3,(H,22,23)(H3,19,20,21);1H. The first kappa shape index (κ1) is 22.7. The predicted molar refractivity (Wildman–Crippen MR) is 113 cm³/mol. The number of halogens is 1. The Morgan fingerprint density at radius 3 is 2.58 bits per heavy atom. The van der Waals surface area contributed by atoms with Gasteiger partial charge in [0, 0.05) is 19.2 Å². The summed E-state index contributed by atoms with van der Waals surface area (Å²) in [6.45, 7) is 5.09. The summed E-state index contributed by atoms with van der Waals surface area (Å²) >= 11 is 0. The number of benzene rings is 1. The van der Waals surface area contributed by atoms with Gasteiger partial charge in [0.05, 0.1) is 6.54 Å². The molecule has 0 bridgehead atoms. The zero-order valence-corrected chi connectivity index (χ0v) is 17.1. The number of unbranched alkanes of at least 4 members (excludes halogenated alkanes) is 5. The smallest absolute Gasteiger partial charge is 0.221 e. The number of hydrogen-bond donors (Lipinski definition) is 3. The molecule has 0 fully saturated rings. The van der Waals surface area contributed by atoms with E-state index in [0.717, 1.165) is 24.2 Å². The summed E-state index contributed by atoms with van der Waals surface area (Å²) in [7, 11) is 0. The lowest BCUT2D eigenvalue weighted by Crippen LogP contribution is -2.32. The van der Waals surface area contributed by atoms with E-state index in [4.69, 9.17) is 5.73 Å². The van der Waals surface area contributed by atoms with Crippen molar-refractivity contribution < 1.29 is 4.79 Å². The highest BCUT2D eigenvalue weighted by atomic mass is 127. The number of amides is 1. The van der Waals surface area contributed by atoms with Gasteiger partial charge in [-0.1, -0.05) is 51.2 Å². The van der Waals surface area contributed by atoms with Gasteiger partial charge in [0.15, 0.2) is 5.96 Å². The van der Waals surface area contributed by atoms with Crippen molar-refractivity contribution in [2.45, 2.75) is 58.9 Å². The van der Waals surface area contributed by atoms with Crippen LogP contribution in [-0.4, -0.2) is 18.4 Å². The van der Waals surface area contributed by atoms with E-state index >= 15 is 0 Å². The molecule has 1 aromatic rings. The van der Waals surface area contributed by atoms with Crippen LogP contribution in [0.5, 0.6) is 0 Å². The SMILES string of the molecule is CCCCCCCCNC(N)=NCc1cccc(NC(C)=O)c1.I. The van der Waals surface area contributed by atoms with Crippen molar-refractivity contribution in [1.82, 2.24) is 5.32 Å². The number of carbonyl (C=O) groups is 1. The Morgan fingerprint density at radius 2 is 1.88 bits per heavy atom. The lowest BCUT2D eigenvalue weighted by molar-refractivity contribution is -0.114. The number of anilines is 1. The first-order valence-electron chi connectivity index (χ1n) is 8.52. The van der Waals surface area contributed by atoms with Gasteiger partial charge >= 0.3 is 0 Å². The molecular formula is C18H31IN4O. The Bertz CT molecular complexity index is 506. The molecule has 6 heteroatoms. The van der Waals surface area contributed by atoms with Crippen LogP contribution in [0.2, 0.25) is 0 Å². The fourth-order valence-electron chi connectivity index (χ4n) is 2.30. The van der Waals surface area contributed by atoms with E-state index in [9.17, 15) is 4.79 Å². The van der Waals surface area contributed by atoms with E-state index in [1.165, 1.54) is 39.0 Å². The molecule has 4 N–H and O–H groups in total. The van der Waals surface area contributed by atoms with Crippen molar-refractivity contribution in [2.75, 3.05) is 11.9 Å². The summed E-state index contributed by atoms with van der Waals surface area (Å²) < 4.78 is 0. The zero-order chi connectivity index (χ0) is 16.9. The molecule has 0 saturated heterocycles. The van der Waals surface area contributed by atoms with Crippen LogP contribution in [0.1, 0.15) is 57.9 Å². The van der Waals surface area contributed by atoms with Gasteiger partial charge in [-0.15, -0.1) is 24.0 Å². The van der Waals surface area contributed by atoms with Crippen LogP contribution < -0.4 is 16.4 Å². The molecule has 0 unspecified atom stereocenters. The number of hydrogen-bond acceptors (Lipinski definition) is 2. The lowest BCUT2D eigenvalue weighted by atomic mass is 10.1. The molecule has 0 saturated carbocycles. The molecular weight excluding hydrogens is 415 g/mol. The second-order valence-electron chi connectivity index (χ2n) is 5.78. The molecule has 0 heterocycles. The van der Waals surface area contributed by atoms with Gasteiger partial charge in [-0.3, -0.25) is 4.79 Å². The molecule has 0 radical (unpaired) electrons. The molecule has 0 spiro atoms. The number of carbonyl (C=O) groups excluding carboxylic acids is 1. The van der Waals surface area contributed by atoms with Crippen molar-refractivity contribution in [3.8, 4) is 0 Å². The molecule has 0 aliphatic rings. The second-order valence-corrected chi connectivity index (χ2v) is 5.78. The average molecular weight is 446 g/mol. The number of rotatable bonds is 10. The fraction of sp³-hybridized carbons (Fsp3) is 0.556. The Labute approximate surface area is 162 Å². The van der Waals surface area contributed by atoms with Gasteiger partial charge in [-0.2, -0.15) is 0 Å². The first-order valence-corrected chi connectivity index (χ1v) is 8.52. The summed E-state index contributed by atoms with van der Waals surface area (Å²) in [5, 5.41) is 5.91. The van der Waals surface area contributed by atoms with E-state index in [1.54, 1.807) is 0 Å². The molecule has 0 aromatic heterocycles. The highest BCUT2D eigenvalue weighted by Crippen LogP contribution is 2.11. The Balaban J connectivity index is 0.00000529. The minimum absolute atomic E-state index is 0. The quantitative estimate of drug-likeness (QED) is 0.220. The number of nitrogens with two attached hydrogens (primary N) is 1. The highest BCUT2D eigenvalue weighted by Gasteiger charge is 1.98. The molecule has 136 valence electrons. The average Bonchev–Trinajstić information content (AvgIpc) is 2.52. The maximum Gasteiger partial charge on any atom is 0.221 e. The summed E-state index contributed by atoms with van der Waals surface area (Å²) in [6, 6.07) is 7.63. The number of guanidine groups is 1. The van der Waals surface area contributed by atoms with Crippen LogP contribution in [0.4, 0.5) is 5.69 Å². The van der Waals surface area contributed by atoms with Crippen LogP contribution in [0.3, 0.4) is 0 Å². The van der Waals surface area contributed by atoms with Gasteiger partial charge in [-0.05, 0) is 24.1 Å². The summed E-state index contributed by atoms with van der Waals surface area (Å²) in [5.74, 6) is 0.397. The maximum absolute atomic E-state index is 11.1. The van der Waals surface area contributed by atoms with Crippen LogP contribution in [-0.2, 0) is 11.3 Å². The number of nitrogens with one attached hydrogen (secondary N) is 2. The summed E-state index contributed by atoms with van der Waals surface area (Å²) in [6.07, 6.45) is 7.58. The molecule has 1 aromatic carbocycles. The van der Waals surface area contributed by atoms with Gasteiger partial charge < -0.3 is 16.4 Å². The van der Waals surface area contributed by atoms with Crippen LogP contribution in [0.15, 0.2) is 29.3 Å². The zero-order valence-electron chi connectivity index (χ0n) is 14.8. The maximum atomic E-state index is 11.1. The lowest BCUT2D eigenvalue weighted by Gasteiger charge is -2.07. The Morgan fingerprint density at radius 1 is 1.17 bits per heavy atom. The van der Waals surface area contributed by atoms with Crippen LogP contribution in [0, 0.1) is 0 Å². The largest absolute Gasteiger partial charge is 0.370 e. The molecule has 0 atom stereocenters. The topological polar surface area (TPSA) is 79.5 Å². The van der Waals surface area contributed by atoms with E-state index < -0.39 is 0 Å². The Hall–Kier alpha value is -1.31. The molecule has 0 aliphatic carbocycles. The molecule has 1 amide bonds. The summed E-state index contributed by atoms with van der Waals surface area (Å²) in [5.41, 5.74) is 7.67. The third-order valence-corrected chi connectivity index (χ3v) is 3.52. The van der Waals surface area contributed by atoms with E-state index in [-0.39, 0.29) is 29.9 Å². The summed E-state index contributed by atoms with van der Waals surface area (Å²) in [4.78, 5) is 15.4.